The van der Waals surface area contributed by atoms with Crippen molar-refractivity contribution in [3.8, 4) is 0 Å². The van der Waals surface area contributed by atoms with Gasteiger partial charge in [-0.3, -0.25) is 9.89 Å². The van der Waals surface area contributed by atoms with Crippen molar-refractivity contribution >= 4 is 17.7 Å². The van der Waals surface area contributed by atoms with Crippen LogP contribution < -0.4 is 10.6 Å². The van der Waals surface area contributed by atoms with Crippen LogP contribution in [-0.4, -0.2) is 48.0 Å². The first-order valence-electron chi connectivity index (χ1n) is 9.55. The third-order valence-corrected chi connectivity index (χ3v) is 6.78. The van der Waals surface area contributed by atoms with Gasteiger partial charge >= 0.3 is 0 Å². The Labute approximate surface area is 156 Å². The molecule has 2 aliphatic rings. The summed E-state index contributed by atoms with van der Waals surface area (Å²) in [4.78, 5) is 6.90. The SMILES string of the molecule is CN=C(NCc1ccc(CN2CCCC2)cc1)NCC1(C)CCCS1. The number of nitrogens with one attached hydrogen (secondary N) is 2. The molecule has 25 heavy (non-hydrogen) atoms. The normalized spacial score (nSPS) is 24.6. The zero-order valence-electron chi connectivity index (χ0n) is 15.7. The molecule has 0 saturated carbocycles. The smallest absolute Gasteiger partial charge is 0.191 e. The largest absolute Gasteiger partial charge is 0.355 e. The second-order valence-corrected chi connectivity index (χ2v) is 9.16. The van der Waals surface area contributed by atoms with E-state index in [1.54, 1.807) is 0 Å². The van der Waals surface area contributed by atoms with Crippen molar-refractivity contribution in [3.63, 3.8) is 0 Å². The fourth-order valence-corrected chi connectivity index (χ4v) is 4.86. The molecule has 0 radical (unpaired) electrons. The predicted molar refractivity (Wildman–Crippen MR) is 109 cm³/mol. The minimum atomic E-state index is 0.356. The zero-order valence-corrected chi connectivity index (χ0v) is 16.5. The molecule has 1 aromatic carbocycles. The van der Waals surface area contributed by atoms with Gasteiger partial charge in [0.05, 0.1) is 0 Å². The Balaban J connectivity index is 1.43. The summed E-state index contributed by atoms with van der Waals surface area (Å²) in [7, 11) is 1.85. The van der Waals surface area contributed by atoms with Crippen LogP contribution in [-0.2, 0) is 13.1 Å². The molecule has 0 bridgehead atoms. The lowest BCUT2D eigenvalue weighted by molar-refractivity contribution is 0.331. The molecule has 2 saturated heterocycles. The van der Waals surface area contributed by atoms with Crippen LogP contribution in [0.25, 0.3) is 0 Å². The fourth-order valence-electron chi connectivity index (χ4n) is 3.61. The van der Waals surface area contributed by atoms with Crippen LogP contribution in [0.2, 0.25) is 0 Å². The van der Waals surface area contributed by atoms with Gasteiger partial charge in [0.2, 0.25) is 0 Å². The standard InChI is InChI=1S/C20H32N4S/c1-20(10-5-13-25-20)16-23-19(21-2)22-14-17-6-8-18(9-7-17)15-24-11-3-4-12-24/h6-9H,3-5,10-16H2,1-2H3,(H2,21,22,23). The van der Waals surface area contributed by atoms with Crippen LogP contribution in [0.4, 0.5) is 0 Å². The van der Waals surface area contributed by atoms with E-state index >= 15 is 0 Å². The summed E-state index contributed by atoms with van der Waals surface area (Å²) >= 11 is 2.08. The number of hydrogen-bond acceptors (Lipinski definition) is 3. The third kappa shape index (κ3) is 5.65. The zero-order chi connectivity index (χ0) is 17.5. The van der Waals surface area contributed by atoms with E-state index in [-0.39, 0.29) is 0 Å². The number of rotatable bonds is 6. The second kappa shape index (κ2) is 8.95. The number of nitrogens with zero attached hydrogens (tertiary/aromatic N) is 2. The Morgan fingerprint density at radius 3 is 2.48 bits per heavy atom. The van der Waals surface area contributed by atoms with E-state index < -0.39 is 0 Å². The van der Waals surface area contributed by atoms with Crippen LogP contribution >= 0.6 is 11.8 Å². The van der Waals surface area contributed by atoms with Crippen LogP contribution in [0.1, 0.15) is 43.7 Å². The van der Waals surface area contributed by atoms with E-state index in [0.29, 0.717) is 4.75 Å². The topological polar surface area (TPSA) is 39.7 Å². The van der Waals surface area contributed by atoms with Gasteiger partial charge in [-0.25, -0.2) is 0 Å². The first kappa shape index (κ1) is 18.6. The van der Waals surface area contributed by atoms with Gasteiger partial charge in [-0.05, 0) is 62.6 Å². The number of hydrogen-bond donors (Lipinski definition) is 2. The summed E-state index contributed by atoms with van der Waals surface area (Å²) in [6, 6.07) is 9.00. The summed E-state index contributed by atoms with van der Waals surface area (Å²) in [5.41, 5.74) is 2.72. The number of thioether (sulfide) groups is 1. The van der Waals surface area contributed by atoms with Gasteiger partial charge in [-0.1, -0.05) is 24.3 Å². The lowest BCUT2D eigenvalue weighted by atomic mass is 10.1. The molecule has 0 aliphatic carbocycles. The van der Waals surface area contributed by atoms with Crippen LogP contribution in [0.3, 0.4) is 0 Å². The van der Waals surface area contributed by atoms with E-state index in [2.05, 4.69) is 63.5 Å². The quantitative estimate of drug-likeness (QED) is 0.603. The van der Waals surface area contributed by atoms with Crippen molar-refractivity contribution in [1.82, 2.24) is 15.5 Å². The average molecular weight is 361 g/mol. The van der Waals surface area contributed by atoms with Gasteiger partial charge in [0.1, 0.15) is 0 Å². The highest BCUT2D eigenvalue weighted by Crippen LogP contribution is 2.36. The number of likely N-dealkylation sites (tertiary alicyclic amines) is 1. The van der Waals surface area contributed by atoms with E-state index in [0.717, 1.165) is 25.6 Å². The molecule has 0 spiro atoms. The van der Waals surface area contributed by atoms with Gasteiger partial charge in [0.15, 0.2) is 5.96 Å². The maximum absolute atomic E-state index is 4.36. The first-order chi connectivity index (χ1) is 12.2. The molecule has 3 rings (SSSR count). The van der Waals surface area contributed by atoms with Crippen molar-refractivity contribution in [2.24, 2.45) is 4.99 Å². The van der Waals surface area contributed by atoms with Crippen molar-refractivity contribution in [2.75, 3.05) is 32.4 Å². The minimum Gasteiger partial charge on any atom is -0.355 e. The molecule has 1 atom stereocenters. The number of aliphatic imine (C=N–C) groups is 1. The fraction of sp³-hybridized carbons (Fsp3) is 0.650. The summed E-state index contributed by atoms with van der Waals surface area (Å²) in [5, 5.41) is 6.93. The first-order valence-corrected chi connectivity index (χ1v) is 10.5. The van der Waals surface area contributed by atoms with E-state index in [1.807, 2.05) is 7.05 Å². The minimum absolute atomic E-state index is 0.356. The molecule has 2 heterocycles. The molecular weight excluding hydrogens is 328 g/mol. The molecular formula is C20H32N4S. The summed E-state index contributed by atoms with van der Waals surface area (Å²) in [6.45, 7) is 7.74. The van der Waals surface area contributed by atoms with E-state index in [4.69, 9.17) is 0 Å². The lowest BCUT2D eigenvalue weighted by Gasteiger charge is -2.24. The average Bonchev–Trinajstić information content (AvgIpc) is 3.29. The summed E-state index contributed by atoms with van der Waals surface area (Å²) in [5.74, 6) is 2.18. The van der Waals surface area contributed by atoms with Crippen molar-refractivity contribution in [3.05, 3.63) is 35.4 Å². The van der Waals surface area contributed by atoms with Gasteiger partial charge in [0.25, 0.3) is 0 Å². The van der Waals surface area contributed by atoms with Crippen LogP contribution in [0.15, 0.2) is 29.3 Å². The van der Waals surface area contributed by atoms with Gasteiger partial charge < -0.3 is 10.6 Å². The van der Waals surface area contributed by atoms with Gasteiger partial charge in [-0.15, -0.1) is 0 Å². The van der Waals surface area contributed by atoms with Gasteiger partial charge in [-0.2, -0.15) is 11.8 Å². The summed E-state index contributed by atoms with van der Waals surface area (Å²) in [6.07, 6.45) is 5.33. The maximum atomic E-state index is 4.36. The molecule has 0 aromatic heterocycles. The molecule has 2 aliphatic heterocycles. The highest BCUT2D eigenvalue weighted by Gasteiger charge is 2.29. The van der Waals surface area contributed by atoms with Gasteiger partial charge in [0, 0.05) is 31.4 Å². The van der Waals surface area contributed by atoms with E-state index in [1.165, 1.54) is 55.7 Å². The van der Waals surface area contributed by atoms with Crippen LogP contribution in [0.5, 0.6) is 0 Å². The summed E-state index contributed by atoms with van der Waals surface area (Å²) < 4.78 is 0.356. The van der Waals surface area contributed by atoms with Crippen molar-refractivity contribution in [2.45, 2.75) is 50.4 Å². The van der Waals surface area contributed by atoms with Crippen molar-refractivity contribution < 1.29 is 0 Å². The predicted octanol–water partition coefficient (Wildman–Crippen LogP) is 3.23. The molecule has 1 unspecified atom stereocenters. The Morgan fingerprint density at radius 2 is 1.84 bits per heavy atom. The lowest BCUT2D eigenvalue weighted by Crippen LogP contribution is -2.43. The number of guanidine groups is 1. The molecule has 1 aromatic rings. The van der Waals surface area contributed by atoms with Crippen molar-refractivity contribution in [1.29, 1.82) is 0 Å². The highest BCUT2D eigenvalue weighted by molar-refractivity contribution is 8.00. The molecule has 138 valence electrons. The maximum Gasteiger partial charge on any atom is 0.191 e. The molecule has 2 N–H and O–H groups in total. The molecule has 2 fully saturated rings. The molecule has 0 amide bonds. The Morgan fingerprint density at radius 1 is 1.12 bits per heavy atom. The Hall–Kier alpha value is -1.20. The third-order valence-electron chi connectivity index (χ3n) is 5.24. The Bertz CT molecular complexity index is 558. The highest BCUT2D eigenvalue weighted by atomic mass is 32.2. The Kier molecular flexibility index (Phi) is 6.65. The van der Waals surface area contributed by atoms with E-state index in [9.17, 15) is 0 Å². The monoisotopic (exact) mass is 360 g/mol. The van der Waals surface area contributed by atoms with Crippen LogP contribution in [0, 0.1) is 0 Å². The second-order valence-electron chi connectivity index (χ2n) is 7.48. The number of benzene rings is 1. The molecule has 5 heteroatoms. The molecule has 4 nitrogen and oxygen atoms in total.